The molecule has 0 saturated carbocycles. The summed E-state index contributed by atoms with van der Waals surface area (Å²) in [4.78, 5) is 26.3. The monoisotopic (exact) mass is 412 g/mol. The van der Waals surface area contributed by atoms with Crippen LogP contribution in [0.5, 0.6) is 0 Å². The Hall–Kier alpha value is -2.25. The van der Waals surface area contributed by atoms with Gasteiger partial charge in [0.1, 0.15) is 12.3 Å². The van der Waals surface area contributed by atoms with E-state index in [1.54, 1.807) is 31.2 Å². The van der Waals surface area contributed by atoms with E-state index in [9.17, 15) is 9.59 Å². The number of carbonyl (C=O) groups excluding carboxylic acids is 2. The molecule has 0 radical (unpaired) electrons. The van der Waals surface area contributed by atoms with E-state index in [-0.39, 0.29) is 12.5 Å². The van der Waals surface area contributed by atoms with Gasteiger partial charge in [-0.25, -0.2) is 4.79 Å². The number of rotatable bonds is 8. The van der Waals surface area contributed by atoms with Gasteiger partial charge in [0, 0.05) is 18.3 Å². The van der Waals surface area contributed by atoms with Crippen LogP contribution >= 0.6 is 23.2 Å². The first-order valence-corrected chi connectivity index (χ1v) is 9.38. The number of aromatic nitrogens is 1. The van der Waals surface area contributed by atoms with Crippen molar-refractivity contribution in [2.45, 2.75) is 33.1 Å². The molecule has 0 unspecified atom stereocenters. The van der Waals surface area contributed by atoms with Crippen molar-refractivity contribution in [3.8, 4) is 0 Å². The Morgan fingerprint density at radius 2 is 1.93 bits per heavy atom. The van der Waals surface area contributed by atoms with Crippen molar-refractivity contribution in [2.75, 3.05) is 23.7 Å². The number of hydrogen-bond donors (Lipinski definition) is 2. The first-order chi connectivity index (χ1) is 12.9. The van der Waals surface area contributed by atoms with E-state index in [1.807, 2.05) is 0 Å². The molecule has 0 aliphatic rings. The molecule has 0 aliphatic carbocycles. The summed E-state index contributed by atoms with van der Waals surface area (Å²) in [5.74, 6) is 0.544. The molecule has 3 amide bonds. The van der Waals surface area contributed by atoms with Crippen LogP contribution in [-0.2, 0) is 4.79 Å². The highest BCUT2D eigenvalue weighted by atomic mass is 35.5. The molecular weight excluding hydrogens is 391 g/mol. The summed E-state index contributed by atoms with van der Waals surface area (Å²) in [6.07, 6.45) is 2.76. The van der Waals surface area contributed by atoms with Crippen molar-refractivity contribution in [1.82, 2.24) is 10.1 Å². The van der Waals surface area contributed by atoms with Gasteiger partial charge in [0.25, 0.3) is 0 Å². The van der Waals surface area contributed by atoms with Crippen molar-refractivity contribution in [3.63, 3.8) is 0 Å². The van der Waals surface area contributed by atoms with Crippen molar-refractivity contribution >= 4 is 46.6 Å². The second-order valence-corrected chi connectivity index (χ2v) is 6.87. The zero-order chi connectivity index (χ0) is 19.8. The van der Waals surface area contributed by atoms with Crippen LogP contribution in [-0.4, -0.2) is 35.1 Å². The second-order valence-electron chi connectivity index (χ2n) is 6.06. The number of urea groups is 1. The molecule has 7 nitrogen and oxygen atoms in total. The molecule has 1 aromatic heterocycles. The van der Waals surface area contributed by atoms with Gasteiger partial charge in [0.15, 0.2) is 5.82 Å². The summed E-state index contributed by atoms with van der Waals surface area (Å²) in [6.45, 7) is 4.14. The maximum atomic E-state index is 12.6. The summed E-state index contributed by atoms with van der Waals surface area (Å²) < 4.78 is 4.92. The molecule has 27 heavy (non-hydrogen) atoms. The van der Waals surface area contributed by atoms with Gasteiger partial charge in [-0.05, 0) is 31.5 Å². The highest BCUT2D eigenvalue weighted by Crippen LogP contribution is 2.25. The van der Waals surface area contributed by atoms with Crippen LogP contribution in [0, 0.1) is 6.92 Å². The standard InChI is InChI=1S/C18H22Cl2N4O3/c1-3-4-5-8-24(11-17(25)22-16-9-12(2)27-23-16)18(26)21-13-6-7-14(19)15(20)10-13/h6-7,9-10H,3-5,8,11H2,1-2H3,(H,21,26)(H,22,23,25). The molecule has 9 heteroatoms. The predicted molar refractivity (Wildman–Crippen MR) is 106 cm³/mol. The highest BCUT2D eigenvalue weighted by Gasteiger charge is 2.18. The number of hydrogen-bond acceptors (Lipinski definition) is 4. The minimum absolute atomic E-state index is 0.108. The molecule has 0 atom stereocenters. The molecule has 2 rings (SSSR count). The minimum atomic E-state index is -0.393. The van der Waals surface area contributed by atoms with Crippen LogP contribution in [0.4, 0.5) is 16.3 Å². The normalized spacial score (nSPS) is 10.5. The summed E-state index contributed by atoms with van der Waals surface area (Å²) in [5, 5.41) is 9.81. The van der Waals surface area contributed by atoms with Gasteiger partial charge >= 0.3 is 6.03 Å². The minimum Gasteiger partial charge on any atom is -0.360 e. The molecule has 2 aromatic rings. The molecule has 0 saturated heterocycles. The Bertz CT molecular complexity index is 795. The first kappa shape index (κ1) is 21.1. The number of aryl methyl sites for hydroxylation is 1. The van der Waals surface area contributed by atoms with Crippen LogP contribution in [0.1, 0.15) is 31.9 Å². The lowest BCUT2D eigenvalue weighted by Crippen LogP contribution is -2.41. The topological polar surface area (TPSA) is 87.5 Å². The molecule has 0 bridgehead atoms. The van der Waals surface area contributed by atoms with Crippen molar-refractivity contribution in [1.29, 1.82) is 0 Å². The molecule has 1 heterocycles. The van der Waals surface area contributed by atoms with Gasteiger partial charge in [-0.1, -0.05) is 48.1 Å². The van der Waals surface area contributed by atoms with Gasteiger partial charge in [0.05, 0.1) is 10.0 Å². The summed E-state index contributed by atoms with van der Waals surface area (Å²) >= 11 is 11.9. The highest BCUT2D eigenvalue weighted by molar-refractivity contribution is 6.42. The van der Waals surface area contributed by atoms with Crippen LogP contribution in [0.3, 0.4) is 0 Å². The van der Waals surface area contributed by atoms with Crippen LogP contribution in [0.25, 0.3) is 0 Å². The smallest absolute Gasteiger partial charge is 0.322 e. The van der Waals surface area contributed by atoms with Crippen molar-refractivity contribution < 1.29 is 14.1 Å². The fourth-order valence-corrected chi connectivity index (χ4v) is 2.66. The molecule has 146 valence electrons. The lowest BCUT2D eigenvalue weighted by atomic mass is 10.2. The van der Waals surface area contributed by atoms with Gasteiger partial charge in [-0.3, -0.25) is 4.79 Å². The number of carbonyl (C=O) groups is 2. The fraction of sp³-hybridized carbons (Fsp3) is 0.389. The summed E-state index contributed by atoms with van der Waals surface area (Å²) in [5.41, 5.74) is 0.502. The van der Waals surface area contributed by atoms with Crippen LogP contribution < -0.4 is 10.6 Å². The lowest BCUT2D eigenvalue weighted by Gasteiger charge is -2.22. The Morgan fingerprint density at radius 1 is 1.15 bits per heavy atom. The molecule has 1 aromatic carbocycles. The molecule has 0 fully saturated rings. The number of benzene rings is 1. The third kappa shape index (κ3) is 6.77. The number of nitrogens with zero attached hydrogens (tertiary/aromatic N) is 2. The van der Waals surface area contributed by atoms with E-state index in [4.69, 9.17) is 27.7 Å². The van der Waals surface area contributed by atoms with E-state index < -0.39 is 6.03 Å². The van der Waals surface area contributed by atoms with Crippen LogP contribution in [0.2, 0.25) is 10.0 Å². The zero-order valence-corrected chi connectivity index (χ0v) is 16.7. The number of halogens is 2. The SMILES string of the molecule is CCCCCN(CC(=O)Nc1cc(C)on1)C(=O)Nc1ccc(Cl)c(Cl)c1. The summed E-state index contributed by atoms with van der Waals surface area (Å²) in [6, 6.07) is 6.02. The maximum absolute atomic E-state index is 12.6. The maximum Gasteiger partial charge on any atom is 0.322 e. The molecule has 0 spiro atoms. The number of amides is 3. The number of unbranched alkanes of at least 4 members (excludes halogenated alkanes) is 2. The predicted octanol–water partition coefficient (Wildman–Crippen LogP) is 4.95. The zero-order valence-electron chi connectivity index (χ0n) is 15.2. The fourth-order valence-electron chi connectivity index (χ4n) is 2.36. The van der Waals surface area contributed by atoms with E-state index in [1.165, 1.54) is 4.90 Å². The third-order valence-corrected chi connectivity index (χ3v) is 4.46. The first-order valence-electron chi connectivity index (χ1n) is 8.63. The van der Waals surface area contributed by atoms with E-state index in [0.717, 1.165) is 19.3 Å². The van der Waals surface area contributed by atoms with E-state index in [0.29, 0.717) is 33.9 Å². The second kappa shape index (κ2) is 10.2. The van der Waals surface area contributed by atoms with Gasteiger partial charge in [-0.15, -0.1) is 0 Å². The molecular formula is C18H22Cl2N4O3. The van der Waals surface area contributed by atoms with E-state index in [2.05, 4.69) is 22.7 Å². The van der Waals surface area contributed by atoms with Gasteiger partial charge in [0.2, 0.25) is 5.91 Å². The Labute approximate surface area is 168 Å². The molecule has 0 aliphatic heterocycles. The Kier molecular flexibility index (Phi) is 7.94. The average Bonchev–Trinajstić information content (AvgIpc) is 3.02. The molecule has 2 N–H and O–H groups in total. The summed E-state index contributed by atoms with van der Waals surface area (Å²) in [7, 11) is 0. The van der Waals surface area contributed by atoms with Crippen molar-refractivity contribution in [3.05, 3.63) is 40.1 Å². The number of anilines is 2. The largest absolute Gasteiger partial charge is 0.360 e. The Balaban J connectivity index is 2.01. The van der Waals surface area contributed by atoms with Crippen molar-refractivity contribution in [2.24, 2.45) is 0 Å². The van der Waals surface area contributed by atoms with Gasteiger partial charge in [-0.2, -0.15) is 0 Å². The number of nitrogens with one attached hydrogen (secondary N) is 2. The van der Waals surface area contributed by atoms with E-state index >= 15 is 0 Å². The third-order valence-electron chi connectivity index (χ3n) is 3.72. The Morgan fingerprint density at radius 3 is 2.56 bits per heavy atom. The van der Waals surface area contributed by atoms with Crippen LogP contribution in [0.15, 0.2) is 28.8 Å². The van der Waals surface area contributed by atoms with Gasteiger partial charge < -0.3 is 20.1 Å². The average molecular weight is 413 g/mol. The lowest BCUT2D eigenvalue weighted by molar-refractivity contribution is -0.116. The quantitative estimate of drug-likeness (QED) is 0.600.